The van der Waals surface area contributed by atoms with E-state index in [0.717, 1.165) is 11.3 Å². The van der Waals surface area contributed by atoms with Crippen molar-refractivity contribution in [1.29, 1.82) is 0 Å². The zero-order chi connectivity index (χ0) is 20.6. The highest BCUT2D eigenvalue weighted by Crippen LogP contribution is 2.40. The Morgan fingerprint density at radius 2 is 1.43 bits per heavy atom. The molecule has 0 amide bonds. The van der Waals surface area contributed by atoms with Gasteiger partial charge in [0.2, 0.25) is 5.88 Å². The highest BCUT2D eigenvalue weighted by Gasteiger charge is 2.23. The van der Waals surface area contributed by atoms with E-state index in [2.05, 4.69) is 25.9 Å². The molecule has 3 aromatic rings. The summed E-state index contributed by atoms with van der Waals surface area (Å²) in [5, 5.41) is 14.6. The predicted molar refractivity (Wildman–Crippen MR) is 111 cm³/mol. The molecular weight excluding hydrogens is 399 g/mol. The molecule has 1 aromatic heterocycles. The third-order valence-corrected chi connectivity index (χ3v) is 4.74. The van der Waals surface area contributed by atoms with Crippen LogP contribution in [0.3, 0.4) is 0 Å². The van der Waals surface area contributed by atoms with Gasteiger partial charge in [-0.2, -0.15) is 5.10 Å². The molecule has 0 bridgehead atoms. The van der Waals surface area contributed by atoms with Gasteiger partial charge in [-0.15, -0.1) is 0 Å². The minimum atomic E-state index is -0.205. The highest BCUT2D eigenvalue weighted by molar-refractivity contribution is 6.37. The first-order valence-corrected chi connectivity index (χ1v) is 9.52. The average molecular weight is 421 g/mol. The maximum Gasteiger partial charge on any atom is 0.221 e. The van der Waals surface area contributed by atoms with E-state index in [1.54, 1.807) is 24.3 Å². The van der Waals surface area contributed by atoms with Gasteiger partial charge in [0.15, 0.2) is 5.75 Å². The molecule has 7 heteroatoms. The summed E-state index contributed by atoms with van der Waals surface area (Å²) in [4.78, 5) is 0. The van der Waals surface area contributed by atoms with Crippen molar-refractivity contribution in [3.8, 4) is 28.9 Å². The van der Waals surface area contributed by atoms with E-state index in [-0.39, 0.29) is 27.1 Å². The van der Waals surface area contributed by atoms with Crippen LogP contribution in [0.4, 0.5) is 0 Å². The van der Waals surface area contributed by atoms with Crippen LogP contribution in [0.25, 0.3) is 0 Å². The van der Waals surface area contributed by atoms with Gasteiger partial charge in [-0.1, -0.05) is 23.2 Å². The molecule has 0 radical (unpaired) electrons. The Balaban J connectivity index is 1.83. The number of aromatic nitrogens is 2. The lowest BCUT2D eigenvalue weighted by Gasteiger charge is -2.22. The molecule has 0 atom stereocenters. The van der Waals surface area contributed by atoms with E-state index in [1.807, 2.05) is 18.5 Å². The van der Waals surface area contributed by atoms with Gasteiger partial charge in [-0.3, -0.25) is 0 Å². The summed E-state index contributed by atoms with van der Waals surface area (Å²) >= 11 is 12.2. The lowest BCUT2D eigenvalue weighted by Crippen LogP contribution is -2.23. The summed E-state index contributed by atoms with van der Waals surface area (Å²) in [7, 11) is 0. The number of phenolic OH excluding ortho intramolecular Hbond substituents is 1. The molecule has 0 saturated heterocycles. The minimum absolute atomic E-state index is 0.0211. The van der Waals surface area contributed by atoms with Gasteiger partial charge in [0.1, 0.15) is 17.2 Å². The highest BCUT2D eigenvalue weighted by atomic mass is 35.5. The minimum Gasteiger partial charge on any atom is -0.508 e. The molecule has 0 fully saturated rings. The van der Waals surface area contributed by atoms with E-state index >= 15 is 0 Å². The van der Waals surface area contributed by atoms with Gasteiger partial charge in [-0.05, 0) is 58.9 Å². The van der Waals surface area contributed by atoms with Crippen LogP contribution in [0.1, 0.15) is 32.0 Å². The van der Waals surface area contributed by atoms with Gasteiger partial charge in [0.25, 0.3) is 0 Å². The second-order valence-electron chi connectivity index (χ2n) is 7.51. The number of ether oxygens (including phenoxy) is 2. The number of halogens is 2. The molecule has 0 unspecified atom stereocenters. The van der Waals surface area contributed by atoms with Gasteiger partial charge < -0.3 is 14.6 Å². The summed E-state index contributed by atoms with van der Waals surface area (Å²) in [6.45, 7) is 10.2. The normalized spacial score (nSPS) is 11.5. The van der Waals surface area contributed by atoms with Crippen molar-refractivity contribution in [2.24, 2.45) is 0 Å². The summed E-state index contributed by atoms with van der Waals surface area (Å²) in [5.41, 5.74) is 1.73. The Kier molecular flexibility index (Phi) is 5.50. The van der Waals surface area contributed by atoms with Gasteiger partial charge in [-0.25, -0.2) is 4.68 Å². The summed E-state index contributed by atoms with van der Waals surface area (Å²) < 4.78 is 13.8. The van der Waals surface area contributed by atoms with E-state index in [1.165, 1.54) is 12.1 Å². The summed E-state index contributed by atoms with van der Waals surface area (Å²) in [6, 6.07) is 9.86. The van der Waals surface area contributed by atoms with Crippen molar-refractivity contribution >= 4 is 23.2 Å². The molecule has 148 valence electrons. The molecule has 2 aromatic carbocycles. The smallest absolute Gasteiger partial charge is 0.221 e. The number of aryl methyl sites for hydroxylation is 1. The first kappa shape index (κ1) is 20.4. The lowest BCUT2D eigenvalue weighted by atomic mass is 10.1. The average Bonchev–Trinajstić information content (AvgIpc) is 2.88. The molecular formula is C21H22Cl2N2O3. The zero-order valence-electron chi connectivity index (χ0n) is 16.4. The Morgan fingerprint density at radius 1 is 0.929 bits per heavy atom. The van der Waals surface area contributed by atoms with Crippen molar-refractivity contribution in [3.63, 3.8) is 0 Å². The molecule has 0 aliphatic carbocycles. The maximum absolute atomic E-state index is 9.52. The van der Waals surface area contributed by atoms with Gasteiger partial charge in [0.05, 0.1) is 21.3 Å². The molecule has 0 spiro atoms. The van der Waals surface area contributed by atoms with Crippen LogP contribution in [0.5, 0.6) is 28.9 Å². The van der Waals surface area contributed by atoms with Gasteiger partial charge >= 0.3 is 0 Å². The standard InChI is InChI=1S/C21H22Cl2N2O3/c1-12-13(2)24-25(21(3,4)5)20(12)28-16-8-6-15(7-9-16)27-19-17(22)10-14(26)11-18(19)23/h6-11,26H,1-5H3. The van der Waals surface area contributed by atoms with Crippen LogP contribution < -0.4 is 9.47 Å². The SMILES string of the molecule is Cc1nn(C(C)(C)C)c(Oc2ccc(Oc3c(Cl)cc(O)cc3Cl)cc2)c1C. The summed E-state index contributed by atoms with van der Waals surface area (Å²) in [6.07, 6.45) is 0. The fraction of sp³-hybridized carbons (Fsp3) is 0.286. The first-order chi connectivity index (χ1) is 13.1. The number of rotatable bonds is 4. The third-order valence-electron chi connectivity index (χ3n) is 4.18. The van der Waals surface area contributed by atoms with Gasteiger partial charge in [0, 0.05) is 17.7 Å². The quantitative estimate of drug-likeness (QED) is 0.500. The number of hydrogen-bond donors (Lipinski definition) is 1. The van der Waals surface area contributed by atoms with Crippen molar-refractivity contribution in [2.75, 3.05) is 0 Å². The molecule has 0 saturated carbocycles. The number of aromatic hydroxyl groups is 1. The van der Waals surface area contributed by atoms with E-state index < -0.39 is 0 Å². The Bertz CT molecular complexity index is 983. The molecule has 1 N–H and O–H groups in total. The van der Waals surface area contributed by atoms with Crippen LogP contribution in [0, 0.1) is 13.8 Å². The number of hydrogen-bond acceptors (Lipinski definition) is 4. The zero-order valence-corrected chi connectivity index (χ0v) is 17.9. The fourth-order valence-electron chi connectivity index (χ4n) is 2.61. The molecule has 3 rings (SSSR count). The number of benzene rings is 2. The second kappa shape index (κ2) is 7.57. The lowest BCUT2D eigenvalue weighted by molar-refractivity contribution is 0.300. The molecule has 0 aliphatic heterocycles. The van der Waals surface area contributed by atoms with Crippen LogP contribution in [-0.4, -0.2) is 14.9 Å². The van der Waals surface area contributed by atoms with Crippen LogP contribution >= 0.6 is 23.2 Å². The topological polar surface area (TPSA) is 56.5 Å². The van der Waals surface area contributed by atoms with Crippen LogP contribution in [-0.2, 0) is 5.54 Å². The number of phenols is 1. The Hall–Kier alpha value is -2.37. The maximum atomic E-state index is 9.52. The fourth-order valence-corrected chi connectivity index (χ4v) is 3.16. The predicted octanol–water partition coefficient (Wildman–Crippen LogP) is 6.85. The van der Waals surface area contributed by atoms with Crippen LogP contribution in [0.2, 0.25) is 10.0 Å². The van der Waals surface area contributed by atoms with Crippen molar-refractivity contribution in [2.45, 2.75) is 40.2 Å². The molecule has 28 heavy (non-hydrogen) atoms. The molecule has 5 nitrogen and oxygen atoms in total. The first-order valence-electron chi connectivity index (χ1n) is 8.76. The molecule has 1 heterocycles. The van der Waals surface area contributed by atoms with Crippen LogP contribution in [0.15, 0.2) is 36.4 Å². The number of nitrogens with zero attached hydrogens (tertiary/aromatic N) is 2. The Labute approximate surface area is 174 Å². The third kappa shape index (κ3) is 4.21. The van der Waals surface area contributed by atoms with E-state index in [0.29, 0.717) is 17.4 Å². The monoisotopic (exact) mass is 420 g/mol. The largest absolute Gasteiger partial charge is 0.508 e. The van der Waals surface area contributed by atoms with Crippen molar-refractivity contribution in [3.05, 3.63) is 57.7 Å². The van der Waals surface area contributed by atoms with Crippen molar-refractivity contribution in [1.82, 2.24) is 9.78 Å². The Morgan fingerprint density at radius 3 is 1.93 bits per heavy atom. The van der Waals surface area contributed by atoms with E-state index in [4.69, 9.17) is 32.7 Å². The second-order valence-corrected chi connectivity index (χ2v) is 8.33. The summed E-state index contributed by atoms with van der Waals surface area (Å²) in [5.74, 6) is 2.17. The van der Waals surface area contributed by atoms with Crippen molar-refractivity contribution < 1.29 is 14.6 Å². The van der Waals surface area contributed by atoms with E-state index in [9.17, 15) is 5.11 Å². The molecule has 0 aliphatic rings.